The van der Waals surface area contributed by atoms with E-state index < -0.39 is 0 Å². The van der Waals surface area contributed by atoms with E-state index in [0.717, 1.165) is 30.8 Å². The van der Waals surface area contributed by atoms with Crippen molar-refractivity contribution in [1.82, 2.24) is 0 Å². The molecule has 2 N–H and O–H groups in total. The van der Waals surface area contributed by atoms with Crippen LogP contribution in [-0.2, 0) is 0 Å². The lowest BCUT2D eigenvalue weighted by Crippen LogP contribution is -2.12. The van der Waals surface area contributed by atoms with Crippen LogP contribution in [0.4, 0.5) is 0 Å². The van der Waals surface area contributed by atoms with Gasteiger partial charge in [0.15, 0.2) is 0 Å². The standard InChI is InChI=1S/C10H19N3/c1-5-8(4)12-10(7-3)13-9(11)6-2/h4-7H2,1-3H3,(H2,11,12,13). The van der Waals surface area contributed by atoms with Crippen molar-refractivity contribution in [3.05, 3.63) is 12.3 Å². The number of nitrogens with two attached hydrogens (primary N) is 1. The number of amidine groups is 2. The molecule has 74 valence electrons. The van der Waals surface area contributed by atoms with Gasteiger partial charge < -0.3 is 5.73 Å². The summed E-state index contributed by atoms with van der Waals surface area (Å²) in [6, 6.07) is 0. The lowest BCUT2D eigenvalue weighted by atomic mass is 10.3. The number of allylic oxidation sites excluding steroid dienone is 1. The zero-order valence-corrected chi connectivity index (χ0v) is 8.80. The fourth-order valence-electron chi connectivity index (χ4n) is 0.690. The molecule has 0 fully saturated rings. The van der Waals surface area contributed by atoms with Crippen molar-refractivity contribution in [2.24, 2.45) is 15.7 Å². The molecular weight excluding hydrogens is 162 g/mol. The first-order valence-corrected chi connectivity index (χ1v) is 4.72. The van der Waals surface area contributed by atoms with Gasteiger partial charge >= 0.3 is 0 Å². The molecule has 0 amide bonds. The van der Waals surface area contributed by atoms with Crippen LogP contribution in [0.15, 0.2) is 22.3 Å². The van der Waals surface area contributed by atoms with Gasteiger partial charge in [-0.3, -0.25) is 0 Å². The highest BCUT2D eigenvalue weighted by atomic mass is 15.0. The van der Waals surface area contributed by atoms with Crippen LogP contribution < -0.4 is 5.73 Å². The lowest BCUT2D eigenvalue weighted by Gasteiger charge is -2.00. The molecular formula is C10H19N3. The third-order valence-electron chi connectivity index (χ3n) is 1.65. The summed E-state index contributed by atoms with van der Waals surface area (Å²) < 4.78 is 0. The Bertz CT molecular complexity index is 226. The third kappa shape index (κ3) is 5.17. The number of aliphatic imine (C=N–C) groups is 2. The quantitative estimate of drug-likeness (QED) is 0.525. The van der Waals surface area contributed by atoms with Crippen molar-refractivity contribution >= 4 is 11.7 Å². The summed E-state index contributed by atoms with van der Waals surface area (Å²) in [6.45, 7) is 9.80. The predicted molar refractivity (Wildman–Crippen MR) is 59.1 cm³/mol. The minimum atomic E-state index is 0.629. The van der Waals surface area contributed by atoms with E-state index >= 15 is 0 Å². The van der Waals surface area contributed by atoms with Crippen LogP contribution in [0.1, 0.15) is 40.0 Å². The Labute approximate surface area is 80.5 Å². The summed E-state index contributed by atoms with van der Waals surface area (Å²) >= 11 is 0. The van der Waals surface area contributed by atoms with Gasteiger partial charge in [0.05, 0.1) is 0 Å². The van der Waals surface area contributed by atoms with E-state index in [1.807, 2.05) is 20.8 Å². The van der Waals surface area contributed by atoms with Gasteiger partial charge in [0.1, 0.15) is 11.7 Å². The molecule has 0 aliphatic carbocycles. The van der Waals surface area contributed by atoms with Gasteiger partial charge in [-0.1, -0.05) is 27.4 Å². The Morgan fingerprint density at radius 1 is 1.08 bits per heavy atom. The van der Waals surface area contributed by atoms with E-state index in [-0.39, 0.29) is 0 Å². The van der Waals surface area contributed by atoms with Gasteiger partial charge in [-0.25, -0.2) is 9.98 Å². The second kappa shape index (κ2) is 6.40. The topological polar surface area (TPSA) is 50.7 Å². The molecule has 0 aromatic carbocycles. The summed E-state index contributed by atoms with van der Waals surface area (Å²) in [4.78, 5) is 8.44. The molecule has 0 aliphatic rings. The summed E-state index contributed by atoms with van der Waals surface area (Å²) in [5.41, 5.74) is 6.46. The summed E-state index contributed by atoms with van der Waals surface area (Å²) in [7, 11) is 0. The molecule has 0 spiro atoms. The molecule has 0 aliphatic heterocycles. The average molecular weight is 181 g/mol. The van der Waals surface area contributed by atoms with E-state index in [2.05, 4.69) is 16.6 Å². The fourth-order valence-corrected chi connectivity index (χ4v) is 0.690. The maximum absolute atomic E-state index is 5.61. The van der Waals surface area contributed by atoms with Gasteiger partial charge in [0.25, 0.3) is 0 Å². The highest BCUT2D eigenvalue weighted by Crippen LogP contribution is 2.01. The molecule has 3 heteroatoms. The van der Waals surface area contributed by atoms with Crippen LogP contribution >= 0.6 is 0 Å². The van der Waals surface area contributed by atoms with E-state index in [4.69, 9.17) is 5.73 Å². The molecule has 0 saturated heterocycles. The van der Waals surface area contributed by atoms with Crippen molar-refractivity contribution in [3.8, 4) is 0 Å². The molecule has 0 saturated carbocycles. The molecule has 0 atom stereocenters. The molecule has 0 rings (SSSR count). The second-order valence-electron chi connectivity index (χ2n) is 2.76. The molecule has 0 aromatic rings. The minimum absolute atomic E-state index is 0.629. The molecule has 13 heavy (non-hydrogen) atoms. The van der Waals surface area contributed by atoms with Crippen LogP contribution in [0.3, 0.4) is 0 Å². The van der Waals surface area contributed by atoms with Crippen molar-refractivity contribution < 1.29 is 0 Å². The van der Waals surface area contributed by atoms with Crippen LogP contribution in [0.5, 0.6) is 0 Å². The van der Waals surface area contributed by atoms with Crippen molar-refractivity contribution in [2.75, 3.05) is 0 Å². The van der Waals surface area contributed by atoms with Gasteiger partial charge in [0, 0.05) is 18.5 Å². The third-order valence-corrected chi connectivity index (χ3v) is 1.65. The van der Waals surface area contributed by atoms with Crippen LogP contribution in [-0.4, -0.2) is 11.7 Å². The zero-order chi connectivity index (χ0) is 10.3. The van der Waals surface area contributed by atoms with E-state index in [0.29, 0.717) is 5.84 Å². The number of hydrogen-bond acceptors (Lipinski definition) is 1. The van der Waals surface area contributed by atoms with Crippen molar-refractivity contribution in [2.45, 2.75) is 40.0 Å². The van der Waals surface area contributed by atoms with Crippen molar-refractivity contribution in [1.29, 1.82) is 0 Å². The Kier molecular flexibility index (Phi) is 5.85. The minimum Gasteiger partial charge on any atom is -0.387 e. The number of hydrogen-bond donors (Lipinski definition) is 1. The molecule has 0 radical (unpaired) electrons. The Morgan fingerprint density at radius 2 is 1.69 bits per heavy atom. The van der Waals surface area contributed by atoms with Crippen molar-refractivity contribution in [3.63, 3.8) is 0 Å². The fraction of sp³-hybridized carbons (Fsp3) is 0.600. The van der Waals surface area contributed by atoms with Crippen LogP contribution in [0.25, 0.3) is 0 Å². The first-order chi connectivity index (χ1) is 6.13. The number of nitrogens with zero attached hydrogens (tertiary/aromatic N) is 2. The summed E-state index contributed by atoms with van der Waals surface area (Å²) in [5.74, 6) is 1.40. The van der Waals surface area contributed by atoms with Crippen LogP contribution in [0.2, 0.25) is 0 Å². The molecule has 0 aromatic heterocycles. The SMILES string of the molecule is C=C(CC)/N=C(CC)\N=C(/N)CC. The molecule has 0 bridgehead atoms. The van der Waals surface area contributed by atoms with Gasteiger partial charge in [-0.05, 0) is 6.42 Å². The monoisotopic (exact) mass is 181 g/mol. The maximum atomic E-state index is 5.61. The first-order valence-electron chi connectivity index (χ1n) is 4.72. The normalized spacial score (nSPS) is 13.2. The predicted octanol–water partition coefficient (Wildman–Crippen LogP) is 2.49. The summed E-state index contributed by atoms with van der Waals surface area (Å²) in [6.07, 6.45) is 2.41. The van der Waals surface area contributed by atoms with E-state index in [1.54, 1.807) is 0 Å². The first kappa shape index (κ1) is 11.9. The molecule has 0 unspecified atom stereocenters. The van der Waals surface area contributed by atoms with E-state index in [9.17, 15) is 0 Å². The lowest BCUT2D eigenvalue weighted by molar-refractivity contribution is 1.06. The molecule has 3 nitrogen and oxygen atoms in total. The zero-order valence-electron chi connectivity index (χ0n) is 8.80. The van der Waals surface area contributed by atoms with E-state index in [1.165, 1.54) is 0 Å². The average Bonchev–Trinajstić information content (AvgIpc) is 2.16. The van der Waals surface area contributed by atoms with Crippen LogP contribution in [0, 0.1) is 0 Å². The highest BCUT2D eigenvalue weighted by molar-refractivity contribution is 5.96. The number of rotatable bonds is 4. The summed E-state index contributed by atoms with van der Waals surface area (Å²) in [5, 5.41) is 0. The second-order valence-corrected chi connectivity index (χ2v) is 2.76. The Hall–Kier alpha value is -1.12. The van der Waals surface area contributed by atoms with Gasteiger partial charge in [0.2, 0.25) is 0 Å². The Balaban J connectivity index is 4.51. The largest absolute Gasteiger partial charge is 0.387 e. The molecule has 0 heterocycles. The smallest absolute Gasteiger partial charge is 0.130 e. The Morgan fingerprint density at radius 3 is 2.08 bits per heavy atom. The van der Waals surface area contributed by atoms with Gasteiger partial charge in [-0.15, -0.1) is 0 Å². The van der Waals surface area contributed by atoms with Gasteiger partial charge in [-0.2, -0.15) is 0 Å². The highest BCUT2D eigenvalue weighted by Gasteiger charge is 1.95. The maximum Gasteiger partial charge on any atom is 0.130 e.